The molecule has 1 aliphatic heterocycles. The van der Waals surface area contributed by atoms with E-state index >= 15 is 0 Å². The molecule has 110 valence electrons. The maximum atomic E-state index is 6.33. The molecule has 1 saturated heterocycles. The highest BCUT2D eigenvalue weighted by atomic mass is 79.9. The average Bonchev–Trinajstić information content (AvgIpc) is 3.04. The predicted molar refractivity (Wildman–Crippen MR) is 89.9 cm³/mol. The zero-order valence-corrected chi connectivity index (χ0v) is 14.4. The maximum Gasteiger partial charge on any atom is 0.0722 e. The molecule has 0 radical (unpaired) electrons. The van der Waals surface area contributed by atoms with E-state index in [1.165, 1.54) is 32.1 Å². The van der Waals surface area contributed by atoms with Gasteiger partial charge in [-0.3, -0.25) is 0 Å². The number of anilines is 1. The van der Waals surface area contributed by atoms with Gasteiger partial charge in [0.1, 0.15) is 0 Å². The second kappa shape index (κ2) is 6.43. The van der Waals surface area contributed by atoms with Crippen LogP contribution in [0.1, 0.15) is 32.1 Å². The predicted octanol–water partition coefficient (Wildman–Crippen LogP) is 5.09. The minimum absolute atomic E-state index is 0.474. The van der Waals surface area contributed by atoms with Crippen LogP contribution < -0.4 is 10.6 Å². The summed E-state index contributed by atoms with van der Waals surface area (Å²) in [7, 11) is 0. The minimum Gasteiger partial charge on any atom is -0.380 e. The lowest BCUT2D eigenvalue weighted by molar-refractivity contribution is 0.376. The highest BCUT2D eigenvalue weighted by Crippen LogP contribution is 2.39. The van der Waals surface area contributed by atoms with Gasteiger partial charge in [0, 0.05) is 16.6 Å². The summed E-state index contributed by atoms with van der Waals surface area (Å²) in [4.78, 5) is 0. The first-order valence-electron chi connectivity index (χ1n) is 7.29. The van der Waals surface area contributed by atoms with Crippen molar-refractivity contribution in [3.05, 3.63) is 26.7 Å². The fourth-order valence-electron chi connectivity index (χ4n) is 3.59. The van der Waals surface area contributed by atoms with Gasteiger partial charge in [-0.2, -0.15) is 0 Å². The van der Waals surface area contributed by atoms with E-state index in [-0.39, 0.29) is 0 Å². The molecule has 1 aromatic rings. The van der Waals surface area contributed by atoms with Crippen molar-refractivity contribution >= 4 is 44.8 Å². The summed E-state index contributed by atoms with van der Waals surface area (Å²) in [5, 5.41) is 8.62. The molecule has 1 aliphatic carbocycles. The molecule has 0 aromatic heterocycles. The van der Waals surface area contributed by atoms with E-state index in [1.807, 2.05) is 12.1 Å². The lowest BCUT2D eigenvalue weighted by Gasteiger charge is -2.28. The summed E-state index contributed by atoms with van der Waals surface area (Å²) >= 11 is 16.1. The van der Waals surface area contributed by atoms with Crippen molar-refractivity contribution in [3.8, 4) is 0 Å². The van der Waals surface area contributed by atoms with Crippen molar-refractivity contribution in [2.24, 2.45) is 5.92 Å². The van der Waals surface area contributed by atoms with Crippen LogP contribution in [0.2, 0.25) is 10.0 Å². The molecule has 1 heterocycles. The quantitative estimate of drug-likeness (QED) is 0.766. The number of rotatable bonds is 3. The first kappa shape index (κ1) is 15.0. The molecule has 3 rings (SSSR count). The summed E-state index contributed by atoms with van der Waals surface area (Å²) < 4.78 is 0.915. The Kier molecular flexibility index (Phi) is 4.81. The molecule has 0 amide bonds. The van der Waals surface area contributed by atoms with E-state index in [0.717, 1.165) is 16.7 Å². The summed E-state index contributed by atoms with van der Waals surface area (Å²) in [6.45, 7) is 1.16. The molecule has 1 aromatic carbocycles. The SMILES string of the molecule is Clc1cc(Br)cc(Cl)c1NC1CCCC1C1CCCN1. The van der Waals surface area contributed by atoms with Gasteiger partial charge >= 0.3 is 0 Å². The third-order valence-corrected chi connectivity index (χ3v) is 5.58. The van der Waals surface area contributed by atoms with Crippen molar-refractivity contribution < 1.29 is 0 Å². The van der Waals surface area contributed by atoms with Crippen LogP contribution in [0, 0.1) is 5.92 Å². The third-order valence-electron chi connectivity index (χ3n) is 4.52. The molecule has 20 heavy (non-hydrogen) atoms. The van der Waals surface area contributed by atoms with Crippen LogP contribution in [0.3, 0.4) is 0 Å². The van der Waals surface area contributed by atoms with Crippen LogP contribution in [0.15, 0.2) is 16.6 Å². The van der Waals surface area contributed by atoms with Gasteiger partial charge in [0.25, 0.3) is 0 Å². The number of hydrogen-bond donors (Lipinski definition) is 2. The minimum atomic E-state index is 0.474. The van der Waals surface area contributed by atoms with Gasteiger partial charge in [-0.15, -0.1) is 0 Å². The second-order valence-electron chi connectivity index (χ2n) is 5.79. The monoisotopic (exact) mass is 376 g/mol. The average molecular weight is 378 g/mol. The van der Waals surface area contributed by atoms with E-state index in [1.54, 1.807) is 0 Å². The molecule has 1 saturated carbocycles. The smallest absolute Gasteiger partial charge is 0.0722 e. The lowest BCUT2D eigenvalue weighted by atomic mass is 9.93. The molecular weight excluding hydrogens is 359 g/mol. The normalized spacial score (nSPS) is 29.9. The molecule has 5 heteroatoms. The van der Waals surface area contributed by atoms with Crippen LogP contribution >= 0.6 is 39.1 Å². The van der Waals surface area contributed by atoms with E-state index in [9.17, 15) is 0 Å². The summed E-state index contributed by atoms with van der Waals surface area (Å²) in [6, 6.07) is 4.92. The topological polar surface area (TPSA) is 24.1 Å². The fraction of sp³-hybridized carbons (Fsp3) is 0.600. The Bertz CT molecular complexity index is 466. The van der Waals surface area contributed by atoms with Gasteiger partial charge < -0.3 is 10.6 Å². The van der Waals surface area contributed by atoms with E-state index < -0.39 is 0 Å². The lowest BCUT2D eigenvalue weighted by Crippen LogP contribution is -2.38. The number of hydrogen-bond acceptors (Lipinski definition) is 2. The largest absolute Gasteiger partial charge is 0.380 e. The molecule has 2 N–H and O–H groups in total. The Morgan fingerprint density at radius 2 is 1.85 bits per heavy atom. The van der Waals surface area contributed by atoms with Gasteiger partial charge in [0.05, 0.1) is 15.7 Å². The molecule has 0 spiro atoms. The van der Waals surface area contributed by atoms with Gasteiger partial charge in [0.2, 0.25) is 0 Å². The van der Waals surface area contributed by atoms with Crippen LogP contribution in [-0.2, 0) is 0 Å². The van der Waals surface area contributed by atoms with E-state index in [2.05, 4.69) is 26.6 Å². The first-order chi connectivity index (χ1) is 9.65. The fourth-order valence-corrected chi connectivity index (χ4v) is 4.91. The van der Waals surface area contributed by atoms with Crippen molar-refractivity contribution in [1.82, 2.24) is 5.32 Å². The Hall–Kier alpha value is 0.0400. The van der Waals surface area contributed by atoms with E-state index in [4.69, 9.17) is 23.2 Å². The van der Waals surface area contributed by atoms with Crippen LogP contribution in [0.5, 0.6) is 0 Å². The Labute approximate surface area is 138 Å². The zero-order chi connectivity index (χ0) is 14.1. The van der Waals surface area contributed by atoms with Crippen molar-refractivity contribution in [2.45, 2.75) is 44.2 Å². The molecule has 2 aliphatic rings. The van der Waals surface area contributed by atoms with E-state index in [0.29, 0.717) is 28.0 Å². The zero-order valence-electron chi connectivity index (χ0n) is 11.3. The Morgan fingerprint density at radius 1 is 1.10 bits per heavy atom. The van der Waals surface area contributed by atoms with Gasteiger partial charge in [-0.25, -0.2) is 0 Å². The van der Waals surface area contributed by atoms with Crippen LogP contribution in [0.25, 0.3) is 0 Å². The van der Waals surface area contributed by atoms with Crippen LogP contribution in [-0.4, -0.2) is 18.6 Å². The number of nitrogens with one attached hydrogen (secondary N) is 2. The summed E-state index contributed by atoms with van der Waals surface area (Å²) in [5.74, 6) is 0.688. The Balaban J connectivity index is 1.76. The standard InChI is InChI=1S/C15H19BrCl2N2/c16-9-7-11(17)15(12(18)8-9)20-14-4-1-3-10(14)13-5-2-6-19-13/h7-8,10,13-14,19-20H,1-6H2. The van der Waals surface area contributed by atoms with Crippen LogP contribution in [0.4, 0.5) is 5.69 Å². The van der Waals surface area contributed by atoms with Crippen molar-refractivity contribution in [3.63, 3.8) is 0 Å². The number of halogens is 3. The molecule has 3 atom stereocenters. The summed E-state index contributed by atoms with van der Waals surface area (Å²) in [5.41, 5.74) is 0.881. The number of benzene rings is 1. The molecular formula is C15H19BrCl2N2. The third kappa shape index (κ3) is 3.11. The van der Waals surface area contributed by atoms with Gasteiger partial charge in [-0.05, 0) is 50.3 Å². The van der Waals surface area contributed by atoms with Crippen molar-refractivity contribution in [1.29, 1.82) is 0 Å². The Morgan fingerprint density at radius 3 is 2.50 bits per heavy atom. The first-order valence-corrected chi connectivity index (χ1v) is 8.84. The summed E-state index contributed by atoms with van der Waals surface area (Å²) in [6.07, 6.45) is 6.37. The highest BCUT2D eigenvalue weighted by molar-refractivity contribution is 9.10. The highest BCUT2D eigenvalue weighted by Gasteiger charge is 2.35. The maximum absolute atomic E-state index is 6.33. The van der Waals surface area contributed by atoms with Gasteiger partial charge in [0.15, 0.2) is 0 Å². The molecule has 2 nitrogen and oxygen atoms in total. The second-order valence-corrected chi connectivity index (χ2v) is 7.52. The van der Waals surface area contributed by atoms with Gasteiger partial charge in [-0.1, -0.05) is 45.6 Å². The molecule has 3 unspecified atom stereocenters. The van der Waals surface area contributed by atoms with Crippen molar-refractivity contribution in [2.75, 3.05) is 11.9 Å². The molecule has 0 bridgehead atoms. The molecule has 2 fully saturated rings.